The van der Waals surface area contributed by atoms with E-state index in [9.17, 15) is 0 Å². The molecule has 2 rings (SSSR count). The normalized spacial score (nSPS) is 28.1. The van der Waals surface area contributed by atoms with Crippen LogP contribution < -0.4 is 5.73 Å². The molecule has 1 aliphatic rings. The summed E-state index contributed by atoms with van der Waals surface area (Å²) in [5.74, 6) is 0.847. The van der Waals surface area contributed by atoms with Gasteiger partial charge in [-0.2, -0.15) is 0 Å². The van der Waals surface area contributed by atoms with Gasteiger partial charge >= 0.3 is 0 Å². The Balaban J connectivity index is 2.10. The molecule has 0 radical (unpaired) electrons. The average molecular weight is 300 g/mol. The van der Waals surface area contributed by atoms with Crippen LogP contribution in [-0.2, 0) is 6.42 Å². The van der Waals surface area contributed by atoms with Crippen LogP contribution in [0.2, 0.25) is 10.0 Å². The van der Waals surface area contributed by atoms with Crippen LogP contribution in [0.15, 0.2) is 18.2 Å². The highest BCUT2D eigenvalue weighted by molar-refractivity contribution is 6.42. The summed E-state index contributed by atoms with van der Waals surface area (Å²) < 4.78 is 0. The zero-order chi connectivity index (χ0) is 13.9. The van der Waals surface area contributed by atoms with Gasteiger partial charge in [-0.3, -0.25) is 0 Å². The van der Waals surface area contributed by atoms with Gasteiger partial charge in [0.05, 0.1) is 10.0 Å². The number of halogens is 2. The molecular formula is C16H23Cl2N. The third kappa shape index (κ3) is 3.87. The Hall–Kier alpha value is -0.240. The van der Waals surface area contributed by atoms with E-state index in [1.54, 1.807) is 0 Å². The molecule has 0 aliphatic heterocycles. The summed E-state index contributed by atoms with van der Waals surface area (Å²) in [5.41, 5.74) is 7.60. The summed E-state index contributed by atoms with van der Waals surface area (Å²) in [6, 6.07) is 5.83. The highest BCUT2D eigenvalue weighted by Gasteiger charge is 2.29. The molecule has 2 atom stereocenters. The van der Waals surface area contributed by atoms with Gasteiger partial charge in [0, 0.05) is 5.54 Å². The lowest BCUT2D eigenvalue weighted by Gasteiger charge is -2.29. The number of nitrogens with two attached hydrogens (primary N) is 1. The lowest BCUT2D eigenvalue weighted by atomic mass is 9.84. The summed E-state index contributed by atoms with van der Waals surface area (Å²) in [7, 11) is 0. The highest BCUT2D eigenvalue weighted by Crippen LogP contribution is 2.35. The second-order valence-corrected chi connectivity index (χ2v) is 6.74. The molecule has 1 aromatic carbocycles. The van der Waals surface area contributed by atoms with Crippen LogP contribution in [0.4, 0.5) is 0 Å². The second-order valence-electron chi connectivity index (χ2n) is 5.96. The maximum absolute atomic E-state index is 6.63. The Morgan fingerprint density at radius 3 is 2.79 bits per heavy atom. The van der Waals surface area contributed by atoms with Crippen LogP contribution in [0.3, 0.4) is 0 Å². The van der Waals surface area contributed by atoms with Gasteiger partial charge in [0.25, 0.3) is 0 Å². The summed E-state index contributed by atoms with van der Waals surface area (Å²) in [5, 5.41) is 1.30. The summed E-state index contributed by atoms with van der Waals surface area (Å²) in [4.78, 5) is 0. The largest absolute Gasteiger partial charge is 0.325 e. The molecule has 1 saturated carbocycles. The SMILES string of the molecule is CCC1CCCC(N)(Cc2cccc(Cl)c2Cl)CC1. The second kappa shape index (κ2) is 6.47. The van der Waals surface area contributed by atoms with Crippen molar-refractivity contribution in [1.82, 2.24) is 0 Å². The van der Waals surface area contributed by atoms with Crippen molar-refractivity contribution in [1.29, 1.82) is 0 Å². The Bertz CT molecular complexity index is 433. The van der Waals surface area contributed by atoms with Gasteiger partial charge in [-0.15, -0.1) is 0 Å². The summed E-state index contributed by atoms with van der Waals surface area (Å²) in [6.07, 6.45) is 8.08. The van der Waals surface area contributed by atoms with Crippen molar-refractivity contribution in [3.8, 4) is 0 Å². The van der Waals surface area contributed by atoms with Gasteiger partial charge in [0.1, 0.15) is 0 Å². The number of hydrogen-bond donors (Lipinski definition) is 1. The number of rotatable bonds is 3. The van der Waals surface area contributed by atoms with E-state index in [1.165, 1.54) is 25.7 Å². The smallest absolute Gasteiger partial charge is 0.0624 e. The van der Waals surface area contributed by atoms with Crippen LogP contribution in [0.25, 0.3) is 0 Å². The molecule has 2 N–H and O–H groups in total. The molecule has 0 saturated heterocycles. The minimum atomic E-state index is -0.113. The molecule has 1 aromatic rings. The lowest BCUT2D eigenvalue weighted by Crippen LogP contribution is -2.41. The zero-order valence-electron chi connectivity index (χ0n) is 11.6. The molecule has 2 unspecified atom stereocenters. The summed E-state index contributed by atoms with van der Waals surface area (Å²) in [6.45, 7) is 2.28. The molecule has 0 heterocycles. The third-order valence-electron chi connectivity index (χ3n) is 4.49. The Labute approximate surface area is 126 Å². The van der Waals surface area contributed by atoms with Crippen LogP contribution >= 0.6 is 23.2 Å². The Morgan fingerprint density at radius 2 is 2.05 bits per heavy atom. The molecule has 1 fully saturated rings. The number of benzene rings is 1. The maximum Gasteiger partial charge on any atom is 0.0624 e. The Kier molecular flexibility index (Phi) is 5.16. The Morgan fingerprint density at radius 1 is 1.26 bits per heavy atom. The van der Waals surface area contributed by atoms with E-state index in [-0.39, 0.29) is 5.54 Å². The summed E-state index contributed by atoms with van der Waals surface area (Å²) >= 11 is 12.4. The van der Waals surface area contributed by atoms with Crippen LogP contribution in [0.5, 0.6) is 0 Å². The van der Waals surface area contributed by atoms with Crippen LogP contribution in [0, 0.1) is 5.92 Å². The first-order valence-corrected chi connectivity index (χ1v) is 8.01. The van der Waals surface area contributed by atoms with Crippen molar-refractivity contribution in [2.75, 3.05) is 0 Å². The molecule has 0 spiro atoms. The molecule has 1 nitrogen and oxygen atoms in total. The van der Waals surface area contributed by atoms with E-state index in [4.69, 9.17) is 28.9 Å². The van der Waals surface area contributed by atoms with E-state index in [0.29, 0.717) is 10.0 Å². The predicted molar refractivity (Wildman–Crippen MR) is 84.0 cm³/mol. The lowest BCUT2D eigenvalue weighted by molar-refractivity contribution is 0.358. The maximum atomic E-state index is 6.63. The van der Waals surface area contributed by atoms with Crippen molar-refractivity contribution in [3.63, 3.8) is 0 Å². The van der Waals surface area contributed by atoms with Gasteiger partial charge in [-0.25, -0.2) is 0 Å². The van der Waals surface area contributed by atoms with E-state index < -0.39 is 0 Å². The van der Waals surface area contributed by atoms with Gasteiger partial charge in [0.15, 0.2) is 0 Å². The van der Waals surface area contributed by atoms with Crippen LogP contribution in [0.1, 0.15) is 51.0 Å². The van der Waals surface area contributed by atoms with Crippen molar-refractivity contribution >= 4 is 23.2 Å². The first kappa shape index (κ1) is 15.2. The van der Waals surface area contributed by atoms with Crippen LogP contribution in [-0.4, -0.2) is 5.54 Å². The molecule has 19 heavy (non-hydrogen) atoms. The third-order valence-corrected chi connectivity index (χ3v) is 5.35. The highest BCUT2D eigenvalue weighted by atomic mass is 35.5. The fraction of sp³-hybridized carbons (Fsp3) is 0.625. The van der Waals surface area contributed by atoms with E-state index in [1.807, 2.05) is 18.2 Å². The fourth-order valence-electron chi connectivity index (χ4n) is 3.15. The van der Waals surface area contributed by atoms with Gasteiger partial charge in [-0.05, 0) is 43.2 Å². The van der Waals surface area contributed by atoms with Crippen molar-refractivity contribution in [2.24, 2.45) is 11.7 Å². The van der Waals surface area contributed by atoms with Crippen molar-refractivity contribution < 1.29 is 0 Å². The van der Waals surface area contributed by atoms with E-state index in [2.05, 4.69) is 6.92 Å². The van der Waals surface area contributed by atoms with Gasteiger partial charge in [0.2, 0.25) is 0 Å². The van der Waals surface area contributed by atoms with E-state index >= 15 is 0 Å². The first-order chi connectivity index (χ1) is 9.04. The van der Waals surface area contributed by atoms with Gasteiger partial charge < -0.3 is 5.73 Å². The molecule has 0 amide bonds. The fourth-order valence-corrected chi connectivity index (χ4v) is 3.54. The quantitative estimate of drug-likeness (QED) is 0.761. The molecule has 1 aliphatic carbocycles. The van der Waals surface area contributed by atoms with Crippen molar-refractivity contribution in [3.05, 3.63) is 33.8 Å². The minimum Gasteiger partial charge on any atom is -0.325 e. The standard InChI is InChI=1S/C16H23Cl2N/c1-2-12-5-4-9-16(19,10-8-12)11-13-6-3-7-14(17)15(13)18/h3,6-7,12H,2,4-5,8-11,19H2,1H3. The van der Waals surface area contributed by atoms with Crippen molar-refractivity contribution in [2.45, 2.75) is 57.4 Å². The zero-order valence-corrected chi connectivity index (χ0v) is 13.1. The monoisotopic (exact) mass is 299 g/mol. The molecule has 3 heteroatoms. The average Bonchev–Trinajstić information content (AvgIpc) is 2.57. The molecular weight excluding hydrogens is 277 g/mol. The van der Waals surface area contributed by atoms with E-state index in [0.717, 1.165) is 30.7 Å². The molecule has 0 bridgehead atoms. The topological polar surface area (TPSA) is 26.0 Å². The minimum absolute atomic E-state index is 0.113. The number of hydrogen-bond acceptors (Lipinski definition) is 1. The molecule has 106 valence electrons. The first-order valence-electron chi connectivity index (χ1n) is 7.26. The van der Waals surface area contributed by atoms with Gasteiger partial charge in [-0.1, -0.05) is 61.5 Å². The molecule has 0 aromatic heterocycles. The predicted octanol–water partition coefficient (Wildman–Crippen LogP) is 5.22.